The highest BCUT2D eigenvalue weighted by Crippen LogP contribution is 2.24. The molecule has 1 aromatic carbocycles. The van der Waals surface area contributed by atoms with Gasteiger partial charge in [0, 0.05) is 23.8 Å². The molecule has 0 aliphatic carbocycles. The van der Waals surface area contributed by atoms with Gasteiger partial charge in [0.05, 0.1) is 23.4 Å². The number of rotatable bonds is 4. The number of carbonyl (C=O) groups excluding carboxylic acids is 1. The molecule has 1 fully saturated rings. The van der Waals surface area contributed by atoms with E-state index in [1.807, 2.05) is 12.1 Å². The second kappa shape index (κ2) is 6.65. The van der Waals surface area contributed by atoms with Gasteiger partial charge in [0.25, 0.3) is 5.91 Å². The number of halogens is 1. The summed E-state index contributed by atoms with van der Waals surface area (Å²) in [6.07, 6.45) is 3.23. The van der Waals surface area contributed by atoms with E-state index in [1.54, 1.807) is 34.8 Å². The minimum atomic E-state index is -0.881. The number of aliphatic carboxylic acids is 1. The molecule has 0 saturated carbocycles. The first kappa shape index (κ1) is 16.5. The van der Waals surface area contributed by atoms with Gasteiger partial charge in [0.2, 0.25) is 0 Å². The van der Waals surface area contributed by atoms with E-state index < -0.39 is 5.97 Å². The topological polar surface area (TPSA) is 75.4 Å². The van der Waals surface area contributed by atoms with E-state index in [4.69, 9.17) is 16.7 Å². The molecule has 2 aromatic rings. The minimum Gasteiger partial charge on any atom is -0.481 e. The highest BCUT2D eigenvalue weighted by molar-refractivity contribution is 6.30. The Hall–Kier alpha value is -2.34. The van der Waals surface area contributed by atoms with E-state index in [0.717, 1.165) is 18.5 Å². The number of carboxylic acids is 1. The van der Waals surface area contributed by atoms with Crippen LogP contribution in [0.1, 0.15) is 35.3 Å². The SMILES string of the molecule is Cc1nn(-c2ccc(Cl)cc2)cc1C(=O)N1CCCC1CC(=O)O. The largest absolute Gasteiger partial charge is 0.481 e. The van der Waals surface area contributed by atoms with Crippen LogP contribution >= 0.6 is 11.6 Å². The maximum atomic E-state index is 12.8. The van der Waals surface area contributed by atoms with Crippen LogP contribution in [0, 0.1) is 6.92 Å². The molecular formula is C17H18ClN3O3. The summed E-state index contributed by atoms with van der Waals surface area (Å²) in [5.74, 6) is -1.04. The Morgan fingerprint density at radius 3 is 2.71 bits per heavy atom. The molecule has 1 N–H and O–H groups in total. The van der Waals surface area contributed by atoms with E-state index in [2.05, 4.69) is 5.10 Å². The van der Waals surface area contributed by atoms with Crippen molar-refractivity contribution in [1.82, 2.24) is 14.7 Å². The molecular weight excluding hydrogens is 330 g/mol. The van der Waals surface area contributed by atoms with Crippen molar-refractivity contribution in [2.45, 2.75) is 32.2 Å². The summed E-state index contributed by atoms with van der Waals surface area (Å²) in [4.78, 5) is 25.5. The van der Waals surface area contributed by atoms with Gasteiger partial charge in [0.1, 0.15) is 0 Å². The number of hydrogen-bond acceptors (Lipinski definition) is 3. The summed E-state index contributed by atoms with van der Waals surface area (Å²) in [6, 6.07) is 6.93. The van der Waals surface area contributed by atoms with E-state index >= 15 is 0 Å². The van der Waals surface area contributed by atoms with Gasteiger partial charge in [-0.15, -0.1) is 0 Å². The minimum absolute atomic E-state index is 0.0177. The molecule has 1 amide bonds. The van der Waals surface area contributed by atoms with Gasteiger partial charge >= 0.3 is 5.97 Å². The van der Waals surface area contributed by atoms with Gasteiger partial charge in [-0.3, -0.25) is 9.59 Å². The lowest BCUT2D eigenvalue weighted by atomic mass is 10.1. The number of carbonyl (C=O) groups is 2. The van der Waals surface area contributed by atoms with Crippen LogP contribution in [0.2, 0.25) is 5.02 Å². The monoisotopic (exact) mass is 347 g/mol. The molecule has 1 atom stereocenters. The van der Waals surface area contributed by atoms with Crippen LogP contribution in [0.25, 0.3) is 5.69 Å². The summed E-state index contributed by atoms with van der Waals surface area (Å²) in [5, 5.41) is 14.0. The second-order valence-corrected chi connectivity index (χ2v) is 6.38. The molecule has 1 aliphatic heterocycles. The molecule has 126 valence electrons. The quantitative estimate of drug-likeness (QED) is 0.922. The Labute approximate surface area is 144 Å². The van der Waals surface area contributed by atoms with Crippen LogP contribution in [-0.4, -0.2) is 44.3 Å². The predicted molar refractivity (Wildman–Crippen MR) is 89.6 cm³/mol. The first-order valence-electron chi connectivity index (χ1n) is 7.80. The van der Waals surface area contributed by atoms with Crippen molar-refractivity contribution in [3.63, 3.8) is 0 Å². The van der Waals surface area contributed by atoms with Gasteiger partial charge in [-0.05, 0) is 44.0 Å². The fourth-order valence-electron chi connectivity index (χ4n) is 3.07. The zero-order valence-corrected chi connectivity index (χ0v) is 14.0. The lowest BCUT2D eigenvalue weighted by Crippen LogP contribution is -2.37. The van der Waals surface area contributed by atoms with Crippen molar-refractivity contribution in [3.8, 4) is 5.69 Å². The molecule has 1 aromatic heterocycles. The van der Waals surface area contributed by atoms with Gasteiger partial charge in [0.15, 0.2) is 0 Å². The molecule has 3 rings (SSSR count). The van der Waals surface area contributed by atoms with Crippen molar-refractivity contribution in [2.24, 2.45) is 0 Å². The molecule has 6 nitrogen and oxygen atoms in total. The van der Waals surface area contributed by atoms with Crippen LogP contribution in [-0.2, 0) is 4.79 Å². The molecule has 0 bridgehead atoms. The van der Waals surface area contributed by atoms with Gasteiger partial charge < -0.3 is 10.0 Å². The van der Waals surface area contributed by atoms with E-state index in [0.29, 0.717) is 22.8 Å². The first-order valence-corrected chi connectivity index (χ1v) is 8.18. The summed E-state index contributed by atoms with van der Waals surface area (Å²) in [7, 11) is 0. The standard InChI is InChI=1S/C17H18ClN3O3/c1-11-15(10-21(19-11)13-6-4-12(18)5-7-13)17(24)20-8-2-3-14(20)9-16(22)23/h4-7,10,14H,2-3,8-9H2,1H3,(H,22,23). The Balaban J connectivity index is 1.85. The average molecular weight is 348 g/mol. The van der Waals surface area contributed by atoms with Gasteiger partial charge in [-0.2, -0.15) is 5.10 Å². The molecule has 7 heteroatoms. The molecule has 24 heavy (non-hydrogen) atoms. The molecule has 1 unspecified atom stereocenters. The summed E-state index contributed by atoms with van der Waals surface area (Å²) in [5.41, 5.74) is 1.93. The summed E-state index contributed by atoms with van der Waals surface area (Å²) < 4.78 is 1.64. The van der Waals surface area contributed by atoms with Crippen LogP contribution in [0.4, 0.5) is 0 Å². The third-order valence-electron chi connectivity index (χ3n) is 4.27. The number of likely N-dealkylation sites (tertiary alicyclic amines) is 1. The lowest BCUT2D eigenvalue weighted by molar-refractivity contribution is -0.137. The van der Waals surface area contributed by atoms with E-state index in [1.165, 1.54) is 0 Å². The van der Waals surface area contributed by atoms with Gasteiger partial charge in [-0.1, -0.05) is 11.6 Å². The normalized spacial score (nSPS) is 17.2. The maximum Gasteiger partial charge on any atom is 0.305 e. The highest BCUT2D eigenvalue weighted by Gasteiger charge is 2.32. The Kier molecular flexibility index (Phi) is 4.57. The molecule has 1 aliphatic rings. The number of benzene rings is 1. The summed E-state index contributed by atoms with van der Waals surface area (Å²) in [6.45, 7) is 2.37. The van der Waals surface area contributed by atoms with Crippen molar-refractivity contribution < 1.29 is 14.7 Å². The predicted octanol–water partition coefficient (Wildman–Crippen LogP) is 2.91. The zero-order chi connectivity index (χ0) is 17.3. The second-order valence-electron chi connectivity index (χ2n) is 5.94. The number of nitrogens with zero attached hydrogens (tertiary/aromatic N) is 3. The number of hydrogen-bond donors (Lipinski definition) is 1. The maximum absolute atomic E-state index is 12.8. The van der Waals surface area contributed by atoms with Crippen LogP contribution in [0.5, 0.6) is 0 Å². The number of amides is 1. The number of aromatic nitrogens is 2. The van der Waals surface area contributed by atoms with Crippen LogP contribution < -0.4 is 0 Å². The average Bonchev–Trinajstić information content (AvgIpc) is 3.13. The van der Waals surface area contributed by atoms with Crippen LogP contribution in [0.15, 0.2) is 30.5 Å². The number of carboxylic acid groups (broad SMARTS) is 1. The molecule has 0 spiro atoms. The van der Waals surface area contributed by atoms with E-state index in [-0.39, 0.29) is 18.4 Å². The van der Waals surface area contributed by atoms with Crippen molar-refractivity contribution in [3.05, 3.63) is 46.7 Å². The zero-order valence-electron chi connectivity index (χ0n) is 13.3. The van der Waals surface area contributed by atoms with E-state index in [9.17, 15) is 9.59 Å². The molecule has 1 saturated heterocycles. The van der Waals surface area contributed by atoms with Crippen molar-refractivity contribution in [1.29, 1.82) is 0 Å². The smallest absolute Gasteiger partial charge is 0.305 e. The molecule has 0 radical (unpaired) electrons. The third kappa shape index (κ3) is 3.28. The Morgan fingerprint density at radius 1 is 1.33 bits per heavy atom. The van der Waals surface area contributed by atoms with Crippen LogP contribution in [0.3, 0.4) is 0 Å². The lowest BCUT2D eigenvalue weighted by Gasteiger charge is -2.23. The highest BCUT2D eigenvalue weighted by atomic mass is 35.5. The third-order valence-corrected chi connectivity index (χ3v) is 4.52. The Bertz CT molecular complexity index is 770. The first-order chi connectivity index (χ1) is 11.5. The summed E-state index contributed by atoms with van der Waals surface area (Å²) >= 11 is 5.89. The fourth-order valence-corrected chi connectivity index (χ4v) is 3.19. The van der Waals surface area contributed by atoms with Crippen molar-refractivity contribution >= 4 is 23.5 Å². The van der Waals surface area contributed by atoms with Gasteiger partial charge in [-0.25, -0.2) is 4.68 Å². The van der Waals surface area contributed by atoms with Crippen molar-refractivity contribution in [2.75, 3.05) is 6.54 Å². The Morgan fingerprint density at radius 2 is 2.04 bits per heavy atom. The molecule has 2 heterocycles. The fraction of sp³-hybridized carbons (Fsp3) is 0.353. The number of aryl methyl sites for hydroxylation is 1.